The van der Waals surface area contributed by atoms with Gasteiger partial charge in [-0.15, -0.1) is 0 Å². The van der Waals surface area contributed by atoms with Crippen molar-refractivity contribution in [2.45, 2.75) is 38.5 Å². The van der Waals surface area contributed by atoms with Crippen LogP contribution in [0.25, 0.3) is 10.9 Å². The number of aliphatic hydroxyl groups is 1. The van der Waals surface area contributed by atoms with E-state index >= 15 is 0 Å². The molecule has 0 unspecified atom stereocenters. The average molecular weight is 355 g/mol. The van der Waals surface area contributed by atoms with Crippen molar-refractivity contribution in [3.8, 4) is 5.75 Å². The lowest BCUT2D eigenvalue weighted by Gasteiger charge is -2.19. The maximum Gasteiger partial charge on any atom is 0.135 e. The van der Waals surface area contributed by atoms with E-state index in [-0.39, 0.29) is 0 Å². The molecule has 1 fully saturated rings. The molecule has 2 N–H and O–H groups in total. The molecule has 1 saturated carbocycles. The first kappa shape index (κ1) is 16.3. The Morgan fingerprint density at radius 3 is 2.76 bits per heavy atom. The minimum atomic E-state index is 0.394. The fourth-order valence-electron chi connectivity index (χ4n) is 2.76. The summed E-state index contributed by atoms with van der Waals surface area (Å²) in [6.07, 6.45) is 9.75. The lowest BCUT2D eigenvalue weighted by atomic mass is 9.87. The number of aromatic nitrogens is 2. The standard InChI is InChI=1S/C8H7BrN2O.C8H16O/c1-12-8-3-7-5(2-6(8)9)4-10-11-7;9-7-6-8-4-2-1-3-5-8/h2-4H,1H3,(H,10,11);8-9H,1-7H2. The van der Waals surface area contributed by atoms with Gasteiger partial charge in [-0.3, -0.25) is 5.10 Å². The van der Waals surface area contributed by atoms with Gasteiger partial charge < -0.3 is 9.84 Å². The molecule has 1 aliphatic carbocycles. The van der Waals surface area contributed by atoms with Gasteiger partial charge >= 0.3 is 0 Å². The number of fused-ring (bicyclic) bond motifs is 1. The minimum absolute atomic E-state index is 0.394. The number of ether oxygens (including phenoxy) is 1. The van der Waals surface area contributed by atoms with Crippen molar-refractivity contribution in [1.29, 1.82) is 0 Å². The number of nitrogens with one attached hydrogen (secondary N) is 1. The third-order valence-electron chi connectivity index (χ3n) is 3.97. The summed E-state index contributed by atoms with van der Waals surface area (Å²) < 4.78 is 6.07. The van der Waals surface area contributed by atoms with Crippen molar-refractivity contribution >= 4 is 26.8 Å². The van der Waals surface area contributed by atoms with E-state index in [1.807, 2.05) is 12.1 Å². The van der Waals surface area contributed by atoms with Crippen molar-refractivity contribution in [2.24, 2.45) is 5.92 Å². The first-order valence-electron chi connectivity index (χ1n) is 7.52. The Balaban J connectivity index is 0.000000161. The summed E-state index contributed by atoms with van der Waals surface area (Å²) in [7, 11) is 1.64. The largest absolute Gasteiger partial charge is 0.495 e. The van der Waals surface area contributed by atoms with Gasteiger partial charge in [-0.1, -0.05) is 32.1 Å². The molecule has 21 heavy (non-hydrogen) atoms. The molecule has 0 radical (unpaired) electrons. The molecular weight excluding hydrogens is 332 g/mol. The Bertz CT molecular complexity index is 547. The van der Waals surface area contributed by atoms with Crippen LogP contribution in [0.1, 0.15) is 38.5 Å². The Labute approximate surface area is 134 Å². The molecule has 0 aliphatic heterocycles. The maximum absolute atomic E-state index is 8.62. The van der Waals surface area contributed by atoms with Gasteiger partial charge in [0, 0.05) is 18.1 Å². The first-order chi connectivity index (χ1) is 10.2. The summed E-state index contributed by atoms with van der Waals surface area (Å²) in [5, 5.41) is 16.5. The molecule has 0 amide bonds. The molecule has 0 spiro atoms. The van der Waals surface area contributed by atoms with Gasteiger partial charge in [0.05, 0.1) is 23.3 Å². The van der Waals surface area contributed by atoms with Crippen LogP contribution in [0.2, 0.25) is 0 Å². The molecule has 1 heterocycles. The molecule has 5 heteroatoms. The van der Waals surface area contributed by atoms with E-state index in [2.05, 4.69) is 26.1 Å². The second-order valence-corrected chi connectivity index (χ2v) is 6.31. The van der Waals surface area contributed by atoms with Gasteiger partial charge in [-0.2, -0.15) is 5.10 Å². The van der Waals surface area contributed by atoms with Crippen molar-refractivity contribution in [2.75, 3.05) is 13.7 Å². The third-order valence-corrected chi connectivity index (χ3v) is 4.59. The number of aromatic amines is 1. The maximum atomic E-state index is 8.62. The summed E-state index contributed by atoms with van der Waals surface area (Å²) in [4.78, 5) is 0. The Hall–Kier alpha value is -1.07. The van der Waals surface area contributed by atoms with Gasteiger partial charge in [0.1, 0.15) is 5.75 Å². The van der Waals surface area contributed by atoms with Gasteiger partial charge in [0.2, 0.25) is 0 Å². The highest BCUT2D eigenvalue weighted by molar-refractivity contribution is 9.10. The second-order valence-electron chi connectivity index (χ2n) is 5.46. The van der Waals surface area contributed by atoms with E-state index in [9.17, 15) is 0 Å². The SMILES string of the molecule is COc1cc2[nH]ncc2cc1Br.OCCC1CCCCC1. The smallest absolute Gasteiger partial charge is 0.135 e. The average Bonchev–Trinajstić information content (AvgIpc) is 2.95. The first-order valence-corrected chi connectivity index (χ1v) is 8.31. The van der Waals surface area contributed by atoms with Crippen LogP contribution in [0, 0.1) is 5.92 Å². The number of rotatable bonds is 3. The molecule has 1 aliphatic rings. The zero-order chi connectivity index (χ0) is 15.1. The third kappa shape index (κ3) is 4.71. The minimum Gasteiger partial charge on any atom is -0.495 e. The normalized spacial score (nSPS) is 15.6. The number of benzene rings is 1. The summed E-state index contributed by atoms with van der Waals surface area (Å²) in [5.74, 6) is 1.66. The van der Waals surface area contributed by atoms with Crippen LogP contribution in [-0.2, 0) is 0 Å². The predicted octanol–water partition coefficient (Wildman–Crippen LogP) is 4.28. The number of methoxy groups -OCH3 is 1. The lowest BCUT2D eigenvalue weighted by molar-refractivity contribution is 0.230. The number of hydrogen-bond donors (Lipinski definition) is 2. The highest BCUT2D eigenvalue weighted by Crippen LogP contribution is 2.28. The number of halogens is 1. The van der Waals surface area contributed by atoms with Crippen LogP contribution < -0.4 is 4.74 Å². The second kappa shape index (κ2) is 8.39. The number of nitrogens with zero attached hydrogens (tertiary/aromatic N) is 1. The van der Waals surface area contributed by atoms with Gasteiger partial charge in [-0.05, 0) is 34.3 Å². The van der Waals surface area contributed by atoms with Gasteiger partial charge in [0.15, 0.2) is 0 Å². The zero-order valence-corrected chi connectivity index (χ0v) is 14.0. The van der Waals surface area contributed by atoms with Crippen LogP contribution in [0.4, 0.5) is 0 Å². The van der Waals surface area contributed by atoms with E-state index in [1.54, 1.807) is 13.3 Å². The van der Waals surface area contributed by atoms with Crippen LogP contribution in [0.3, 0.4) is 0 Å². The van der Waals surface area contributed by atoms with Crippen LogP contribution in [-0.4, -0.2) is 29.0 Å². The van der Waals surface area contributed by atoms with Crippen LogP contribution in [0.5, 0.6) is 5.75 Å². The van der Waals surface area contributed by atoms with Crippen molar-refractivity contribution in [1.82, 2.24) is 10.2 Å². The van der Waals surface area contributed by atoms with E-state index in [1.165, 1.54) is 32.1 Å². The number of aliphatic hydroxyl groups excluding tert-OH is 1. The number of H-pyrrole nitrogens is 1. The van der Waals surface area contributed by atoms with Crippen molar-refractivity contribution in [3.63, 3.8) is 0 Å². The Kier molecular flexibility index (Phi) is 6.51. The molecule has 2 aromatic rings. The van der Waals surface area contributed by atoms with E-state index in [0.29, 0.717) is 6.61 Å². The Morgan fingerprint density at radius 1 is 1.33 bits per heavy atom. The topological polar surface area (TPSA) is 58.1 Å². The molecule has 0 saturated heterocycles. The van der Waals surface area contributed by atoms with Crippen molar-refractivity contribution in [3.05, 3.63) is 22.8 Å². The highest BCUT2D eigenvalue weighted by atomic mass is 79.9. The highest BCUT2D eigenvalue weighted by Gasteiger charge is 2.11. The molecule has 0 bridgehead atoms. The monoisotopic (exact) mass is 354 g/mol. The molecule has 1 aromatic heterocycles. The summed E-state index contributed by atoms with van der Waals surface area (Å²) in [6.45, 7) is 0.394. The molecular formula is C16H23BrN2O2. The van der Waals surface area contributed by atoms with E-state index in [4.69, 9.17) is 9.84 Å². The molecule has 1 aromatic carbocycles. The zero-order valence-electron chi connectivity index (χ0n) is 12.4. The number of hydrogen-bond acceptors (Lipinski definition) is 3. The fraction of sp³-hybridized carbons (Fsp3) is 0.562. The van der Waals surface area contributed by atoms with Crippen LogP contribution >= 0.6 is 15.9 Å². The van der Waals surface area contributed by atoms with Crippen molar-refractivity contribution < 1.29 is 9.84 Å². The summed E-state index contributed by atoms with van der Waals surface area (Å²) in [6, 6.07) is 3.88. The summed E-state index contributed by atoms with van der Waals surface area (Å²) >= 11 is 3.40. The van der Waals surface area contributed by atoms with Crippen LogP contribution in [0.15, 0.2) is 22.8 Å². The van der Waals surface area contributed by atoms with Gasteiger partial charge in [-0.25, -0.2) is 0 Å². The quantitative estimate of drug-likeness (QED) is 0.864. The fourth-order valence-corrected chi connectivity index (χ4v) is 3.28. The molecule has 0 atom stereocenters. The van der Waals surface area contributed by atoms with E-state index < -0.39 is 0 Å². The Morgan fingerprint density at radius 2 is 2.10 bits per heavy atom. The van der Waals surface area contributed by atoms with Gasteiger partial charge in [0.25, 0.3) is 0 Å². The lowest BCUT2D eigenvalue weighted by Crippen LogP contribution is -2.07. The van der Waals surface area contributed by atoms with E-state index in [0.717, 1.165) is 33.5 Å². The predicted molar refractivity (Wildman–Crippen MR) is 88.6 cm³/mol. The molecule has 3 rings (SSSR count). The summed E-state index contributed by atoms with van der Waals surface area (Å²) in [5.41, 5.74) is 0.982. The molecule has 116 valence electrons. The molecule has 4 nitrogen and oxygen atoms in total.